The molecule has 0 aromatic carbocycles. The van der Waals surface area contributed by atoms with E-state index in [9.17, 15) is 0 Å². The van der Waals surface area contributed by atoms with Gasteiger partial charge in [0.25, 0.3) is 0 Å². The van der Waals surface area contributed by atoms with Gasteiger partial charge in [0.05, 0.1) is 0 Å². The summed E-state index contributed by atoms with van der Waals surface area (Å²) in [4.78, 5) is 0. The van der Waals surface area contributed by atoms with Crippen molar-refractivity contribution in [1.29, 1.82) is 0 Å². The molecule has 0 aliphatic rings. The lowest BCUT2D eigenvalue weighted by Gasteiger charge is -1.79. The Labute approximate surface area is 93.8 Å². The summed E-state index contributed by atoms with van der Waals surface area (Å²) in [5, 5.41) is 0. The van der Waals surface area contributed by atoms with Crippen molar-refractivity contribution >= 4 is 0 Å². The van der Waals surface area contributed by atoms with Crippen LogP contribution >= 0.6 is 0 Å². The molecule has 0 heterocycles. The van der Waals surface area contributed by atoms with Crippen molar-refractivity contribution in [3.63, 3.8) is 0 Å². The zero-order chi connectivity index (χ0) is 12.4. The van der Waals surface area contributed by atoms with E-state index in [1.807, 2.05) is 34.6 Å². The largest absolute Gasteiger partial charge is 0.100 e. The third-order valence-corrected chi connectivity index (χ3v) is 1.31. The van der Waals surface area contributed by atoms with E-state index in [2.05, 4.69) is 27.4 Å². The minimum absolute atomic E-state index is 1.11. The Morgan fingerprint density at radius 2 is 1.07 bits per heavy atom. The second kappa shape index (κ2) is 38.7. The van der Waals surface area contributed by atoms with Crippen LogP contribution in [0, 0.1) is 0 Å². The molecule has 90 valence electrons. The van der Waals surface area contributed by atoms with Crippen molar-refractivity contribution in [2.45, 2.75) is 81.1 Å². The fourth-order valence-corrected chi connectivity index (χ4v) is 0.354. The van der Waals surface area contributed by atoms with Gasteiger partial charge in [0.15, 0.2) is 0 Å². The van der Waals surface area contributed by atoms with Gasteiger partial charge >= 0.3 is 0 Å². The zero-order valence-electron chi connectivity index (χ0n) is 12.0. The van der Waals surface area contributed by atoms with Gasteiger partial charge in [0.2, 0.25) is 0 Å². The predicted molar refractivity (Wildman–Crippen MR) is 73.0 cm³/mol. The fourth-order valence-electron chi connectivity index (χ4n) is 0.354. The summed E-state index contributed by atoms with van der Waals surface area (Å²) < 4.78 is 0. The van der Waals surface area contributed by atoms with Gasteiger partial charge in [-0.15, -0.1) is 6.58 Å². The highest BCUT2D eigenvalue weighted by atomic mass is 13.7. The normalized spacial score (nSPS) is 6.57. The highest BCUT2D eigenvalue weighted by Crippen LogP contribution is 1.89. The summed E-state index contributed by atoms with van der Waals surface area (Å²) >= 11 is 0. The number of rotatable bonds is 3. The smallest absolute Gasteiger partial charge is 0.0354 e. The number of hydrogen-bond donors (Lipinski definition) is 0. The minimum Gasteiger partial charge on any atom is -0.100 e. The first kappa shape index (κ1) is 23.5. The highest BCUT2D eigenvalue weighted by molar-refractivity contribution is 4.84. The standard InChI is InChI=1S/C5H10.C5H12.2C2H6/c1-4-5(2)3;1-3-5-4-2;2*1-2/h2,4H2,1,3H3;3-5H2,1-2H3;2*1-2H3. The molecular formula is C14H34. The van der Waals surface area contributed by atoms with Crippen LogP contribution in [0.1, 0.15) is 81.1 Å². The van der Waals surface area contributed by atoms with Crippen LogP contribution in [0.25, 0.3) is 0 Å². The number of unbranched alkanes of at least 4 members (excludes halogenated alkanes) is 2. The van der Waals surface area contributed by atoms with Crippen molar-refractivity contribution in [3.8, 4) is 0 Å². The molecule has 0 fully saturated rings. The molecule has 0 aliphatic heterocycles. The molecule has 0 aromatic heterocycles. The van der Waals surface area contributed by atoms with E-state index in [4.69, 9.17) is 0 Å². The molecule has 0 amide bonds. The van der Waals surface area contributed by atoms with E-state index in [0.717, 1.165) is 6.42 Å². The van der Waals surface area contributed by atoms with Gasteiger partial charge in [0.1, 0.15) is 0 Å². The van der Waals surface area contributed by atoms with E-state index in [1.54, 1.807) is 0 Å². The lowest BCUT2D eigenvalue weighted by Crippen LogP contribution is -1.59. The zero-order valence-corrected chi connectivity index (χ0v) is 12.0. The van der Waals surface area contributed by atoms with Crippen molar-refractivity contribution in [2.75, 3.05) is 0 Å². The Hall–Kier alpha value is -0.260. The van der Waals surface area contributed by atoms with Crippen LogP contribution in [0.15, 0.2) is 12.2 Å². The fraction of sp³-hybridized carbons (Fsp3) is 0.857. The molecule has 0 saturated carbocycles. The molecule has 0 aromatic rings. The molecular weight excluding hydrogens is 168 g/mol. The van der Waals surface area contributed by atoms with Gasteiger partial charge in [-0.2, -0.15) is 0 Å². The van der Waals surface area contributed by atoms with Crippen molar-refractivity contribution in [3.05, 3.63) is 12.2 Å². The summed E-state index contributed by atoms with van der Waals surface area (Å²) in [7, 11) is 0. The molecule has 0 nitrogen and oxygen atoms in total. The second-order valence-corrected chi connectivity index (χ2v) is 2.66. The topological polar surface area (TPSA) is 0 Å². The Morgan fingerprint density at radius 1 is 0.857 bits per heavy atom. The molecule has 0 saturated heterocycles. The predicted octanol–water partition coefficient (Wildman–Crippen LogP) is 6.22. The molecule has 0 radical (unpaired) electrons. The number of allylic oxidation sites excluding steroid dienone is 1. The van der Waals surface area contributed by atoms with E-state index in [0.29, 0.717) is 0 Å². The molecule has 0 aliphatic carbocycles. The first-order chi connectivity index (χ1) is 6.68. The molecule has 0 spiro atoms. The Bertz CT molecular complexity index is 60.4. The maximum absolute atomic E-state index is 3.67. The van der Waals surface area contributed by atoms with Crippen LogP contribution in [0.2, 0.25) is 0 Å². The molecule has 0 bridgehead atoms. The molecule has 0 unspecified atom stereocenters. The lowest BCUT2D eigenvalue weighted by atomic mass is 10.3. The lowest BCUT2D eigenvalue weighted by molar-refractivity contribution is 0.772. The maximum atomic E-state index is 3.67. The summed E-state index contributed by atoms with van der Waals surface area (Å²) in [5.41, 5.74) is 1.25. The Morgan fingerprint density at radius 3 is 1.07 bits per heavy atom. The third kappa shape index (κ3) is 96.8. The molecule has 0 N–H and O–H groups in total. The van der Waals surface area contributed by atoms with Crippen LogP contribution in [0.3, 0.4) is 0 Å². The van der Waals surface area contributed by atoms with E-state index in [1.165, 1.54) is 24.8 Å². The van der Waals surface area contributed by atoms with Gasteiger partial charge in [-0.1, -0.05) is 73.3 Å². The van der Waals surface area contributed by atoms with Gasteiger partial charge in [0, 0.05) is 0 Å². The highest BCUT2D eigenvalue weighted by Gasteiger charge is 1.68. The minimum atomic E-state index is 1.11. The first-order valence-corrected chi connectivity index (χ1v) is 6.33. The van der Waals surface area contributed by atoms with Crippen LogP contribution in [0.4, 0.5) is 0 Å². The van der Waals surface area contributed by atoms with Crippen LogP contribution in [-0.4, -0.2) is 0 Å². The maximum Gasteiger partial charge on any atom is -0.0354 e. The molecule has 0 heteroatoms. The van der Waals surface area contributed by atoms with Crippen molar-refractivity contribution in [2.24, 2.45) is 0 Å². The quantitative estimate of drug-likeness (QED) is 0.476. The average molecular weight is 202 g/mol. The third-order valence-electron chi connectivity index (χ3n) is 1.31. The monoisotopic (exact) mass is 202 g/mol. The summed E-state index contributed by atoms with van der Waals surface area (Å²) in [6.07, 6.45) is 5.19. The van der Waals surface area contributed by atoms with Crippen LogP contribution in [0.5, 0.6) is 0 Å². The average Bonchev–Trinajstić information content (AvgIpc) is 2.26. The Balaban J connectivity index is -0.0000000528. The summed E-state index contributed by atoms with van der Waals surface area (Å²) in [6, 6.07) is 0. The van der Waals surface area contributed by atoms with Crippen LogP contribution < -0.4 is 0 Å². The number of hydrogen-bond acceptors (Lipinski definition) is 0. The molecule has 0 atom stereocenters. The van der Waals surface area contributed by atoms with Crippen molar-refractivity contribution in [1.82, 2.24) is 0 Å². The second-order valence-electron chi connectivity index (χ2n) is 2.66. The van der Waals surface area contributed by atoms with E-state index >= 15 is 0 Å². The molecule has 0 rings (SSSR count). The van der Waals surface area contributed by atoms with Gasteiger partial charge < -0.3 is 0 Å². The first-order valence-electron chi connectivity index (χ1n) is 6.33. The van der Waals surface area contributed by atoms with E-state index in [-0.39, 0.29) is 0 Å². The van der Waals surface area contributed by atoms with Crippen molar-refractivity contribution < 1.29 is 0 Å². The summed E-state index contributed by atoms with van der Waals surface area (Å²) in [6.45, 7) is 20.2. The summed E-state index contributed by atoms with van der Waals surface area (Å²) in [5.74, 6) is 0. The van der Waals surface area contributed by atoms with Crippen LogP contribution in [-0.2, 0) is 0 Å². The molecule has 14 heavy (non-hydrogen) atoms. The van der Waals surface area contributed by atoms with E-state index < -0.39 is 0 Å². The van der Waals surface area contributed by atoms with Gasteiger partial charge in [-0.05, 0) is 13.3 Å². The SMILES string of the molecule is C=C(C)CC.CC.CC.CCCCC. The Kier molecular flexibility index (Phi) is 64.9. The van der Waals surface area contributed by atoms with Gasteiger partial charge in [-0.25, -0.2) is 0 Å². The van der Waals surface area contributed by atoms with Gasteiger partial charge in [-0.3, -0.25) is 0 Å².